The van der Waals surface area contributed by atoms with Crippen molar-refractivity contribution in [3.63, 3.8) is 0 Å². The van der Waals surface area contributed by atoms with Gasteiger partial charge in [0.1, 0.15) is 0 Å². The number of nitrogens with zero attached hydrogens (tertiary/aromatic N) is 2. The smallest absolute Gasteiger partial charge is 0.236 e. The number of likely N-dealkylation sites (N-methyl/N-ethyl adjacent to an activating group) is 1. The number of benzene rings is 1. The summed E-state index contributed by atoms with van der Waals surface area (Å²) in [6, 6.07) is 8.45. The van der Waals surface area contributed by atoms with Crippen LogP contribution in [0.4, 0.5) is 0 Å². The summed E-state index contributed by atoms with van der Waals surface area (Å²) >= 11 is 0. The molecule has 0 radical (unpaired) electrons. The van der Waals surface area contributed by atoms with Gasteiger partial charge in [0.05, 0.1) is 19.3 Å². The number of amides is 1. The number of aliphatic hydroxyl groups excluding tert-OH is 1. The van der Waals surface area contributed by atoms with Crippen molar-refractivity contribution in [2.45, 2.75) is 44.9 Å². The van der Waals surface area contributed by atoms with Crippen molar-refractivity contribution in [2.24, 2.45) is 5.92 Å². The lowest BCUT2D eigenvalue weighted by molar-refractivity contribution is -0.133. The van der Waals surface area contributed by atoms with Gasteiger partial charge in [-0.1, -0.05) is 24.3 Å². The Kier molecular flexibility index (Phi) is 6.10. The summed E-state index contributed by atoms with van der Waals surface area (Å²) in [7, 11) is 1.87. The molecule has 3 rings (SSSR count). The Balaban J connectivity index is 1.58. The zero-order valence-corrected chi connectivity index (χ0v) is 15.4. The van der Waals surface area contributed by atoms with Crippen LogP contribution in [0, 0.1) is 12.8 Å². The van der Waals surface area contributed by atoms with Crippen LogP contribution in [-0.2, 0) is 16.1 Å². The molecule has 0 spiro atoms. The summed E-state index contributed by atoms with van der Waals surface area (Å²) in [5.41, 5.74) is 2.40. The summed E-state index contributed by atoms with van der Waals surface area (Å²) < 4.78 is 5.58. The maximum atomic E-state index is 12.7. The van der Waals surface area contributed by atoms with Gasteiger partial charge in [-0.15, -0.1) is 0 Å². The fourth-order valence-electron chi connectivity index (χ4n) is 4.07. The predicted molar refractivity (Wildman–Crippen MR) is 97.2 cm³/mol. The zero-order chi connectivity index (χ0) is 17.8. The van der Waals surface area contributed by atoms with Gasteiger partial charge >= 0.3 is 0 Å². The average molecular weight is 346 g/mol. The number of aryl methyl sites for hydroxylation is 1. The Labute approximate surface area is 150 Å². The van der Waals surface area contributed by atoms with Crippen LogP contribution < -0.4 is 0 Å². The molecular formula is C20H30N2O3. The number of carbonyl (C=O) groups excluding carboxylic acids is 1. The molecule has 1 N–H and O–H groups in total. The van der Waals surface area contributed by atoms with Crippen molar-refractivity contribution >= 4 is 5.91 Å². The van der Waals surface area contributed by atoms with Gasteiger partial charge in [0.2, 0.25) is 5.91 Å². The predicted octanol–water partition coefficient (Wildman–Crippen LogP) is 1.82. The van der Waals surface area contributed by atoms with Crippen LogP contribution >= 0.6 is 0 Å². The van der Waals surface area contributed by atoms with E-state index in [4.69, 9.17) is 4.74 Å². The second-order valence-corrected chi connectivity index (χ2v) is 7.45. The Hall–Kier alpha value is -1.43. The topological polar surface area (TPSA) is 53.0 Å². The minimum absolute atomic E-state index is 0.130. The zero-order valence-electron chi connectivity index (χ0n) is 15.4. The second-order valence-electron chi connectivity index (χ2n) is 7.45. The van der Waals surface area contributed by atoms with Gasteiger partial charge < -0.3 is 14.7 Å². The molecular weight excluding hydrogens is 316 g/mol. The molecule has 2 heterocycles. The molecule has 0 saturated carbocycles. The number of rotatable bonds is 5. The van der Waals surface area contributed by atoms with Gasteiger partial charge in [-0.25, -0.2) is 0 Å². The Bertz CT molecular complexity index is 592. The molecule has 0 bridgehead atoms. The lowest BCUT2D eigenvalue weighted by atomic mass is 9.89. The maximum absolute atomic E-state index is 12.7. The summed E-state index contributed by atoms with van der Waals surface area (Å²) in [4.78, 5) is 16.8. The molecule has 1 amide bonds. The van der Waals surface area contributed by atoms with Crippen LogP contribution in [-0.4, -0.2) is 66.3 Å². The van der Waals surface area contributed by atoms with E-state index in [1.807, 2.05) is 24.1 Å². The number of hydrogen-bond acceptors (Lipinski definition) is 4. The monoisotopic (exact) mass is 346 g/mol. The third-order valence-corrected chi connectivity index (χ3v) is 5.70. The molecule has 0 aliphatic carbocycles. The van der Waals surface area contributed by atoms with Crippen LogP contribution in [0.1, 0.15) is 30.4 Å². The summed E-state index contributed by atoms with van der Waals surface area (Å²) in [5, 5.41) is 10.3. The largest absolute Gasteiger partial charge is 0.393 e. The van der Waals surface area contributed by atoms with Crippen molar-refractivity contribution in [1.29, 1.82) is 0 Å². The molecule has 25 heavy (non-hydrogen) atoms. The fourth-order valence-corrected chi connectivity index (χ4v) is 4.07. The van der Waals surface area contributed by atoms with E-state index in [1.165, 1.54) is 11.1 Å². The van der Waals surface area contributed by atoms with E-state index in [0.717, 1.165) is 19.4 Å². The highest BCUT2D eigenvalue weighted by Gasteiger charge is 2.38. The van der Waals surface area contributed by atoms with Crippen LogP contribution in [0.5, 0.6) is 0 Å². The molecule has 1 aromatic rings. The number of likely N-dealkylation sites (tertiary alicyclic amines) is 1. The molecule has 3 atom stereocenters. The number of aliphatic hydroxyl groups is 1. The first kappa shape index (κ1) is 18.4. The first-order valence-electron chi connectivity index (χ1n) is 9.34. The molecule has 0 aromatic heterocycles. The van der Waals surface area contributed by atoms with Gasteiger partial charge in [0.25, 0.3) is 0 Å². The van der Waals surface area contributed by atoms with Gasteiger partial charge in [0.15, 0.2) is 0 Å². The Morgan fingerprint density at radius 2 is 2.16 bits per heavy atom. The molecule has 2 saturated heterocycles. The molecule has 0 unspecified atom stereocenters. The molecule has 5 nitrogen and oxygen atoms in total. The van der Waals surface area contributed by atoms with Gasteiger partial charge in [0, 0.05) is 32.2 Å². The molecule has 1 aromatic carbocycles. The number of carbonyl (C=O) groups is 1. The number of hydrogen-bond donors (Lipinski definition) is 1. The first-order chi connectivity index (χ1) is 12.1. The highest BCUT2D eigenvalue weighted by molar-refractivity contribution is 5.78. The van der Waals surface area contributed by atoms with E-state index in [9.17, 15) is 9.90 Å². The SMILES string of the molecule is Cc1ccccc1CN(C)C(=O)CN1CCC[C@@H]1[C@@H]1COCC[C@H]1O. The molecule has 138 valence electrons. The van der Waals surface area contributed by atoms with Gasteiger partial charge in [-0.05, 0) is 43.9 Å². The standard InChI is InChI=1S/C20H30N2O3/c1-15-6-3-4-7-16(15)12-21(2)20(24)13-22-10-5-8-18(22)17-14-25-11-9-19(17)23/h3-4,6-7,17-19,23H,5,8-14H2,1-2H3/t17-,18+,19+/m0/s1. The highest BCUT2D eigenvalue weighted by atomic mass is 16.5. The summed E-state index contributed by atoms with van der Waals surface area (Å²) in [5.74, 6) is 0.270. The second kappa shape index (κ2) is 8.30. The van der Waals surface area contributed by atoms with E-state index >= 15 is 0 Å². The molecule has 2 aliphatic heterocycles. The minimum Gasteiger partial charge on any atom is -0.393 e. The van der Waals surface area contributed by atoms with E-state index in [-0.39, 0.29) is 24.0 Å². The normalized spacial score (nSPS) is 27.4. The lowest BCUT2D eigenvalue weighted by Gasteiger charge is -2.37. The van der Waals surface area contributed by atoms with Crippen molar-refractivity contribution in [1.82, 2.24) is 9.80 Å². The summed E-state index contributed by atoms with van der Waals surface area (Å²) in [6.45, 7) is 5.32. The lowest BCUT2D eigenvalue weighted by Crippen LogP contribution is -2.48. The Morgan fingerprint density at radius 3 is 2.92 bits per heavy atom. The van der Waals surface area contributed by atoms with E-state index in [0.29, 0.717) is 32.7 Å². The van der Waals surface area contributed by atoms with Gasteiger partial charge in [-0.3, -0.25) is 9.69 Å². The van der Waals surface area contributed by atoms with Crippen molar-refractivity contribution in [2.75, 3.05) is 33.4 Å². The van der Waals surface area contributed by atoms with Crippen molar-refractivity contribution in [3.8, 4) is 0 Å². The fraction of sp³-hybridized carbons (Fsp3) is 0.650. The maximum Gasteiger partial charge on any atom is 0.236 e. The summed E-state index contributed by atoms with van der Waals surface area (Å²) in [6.07, 6.45) is 2.53. The Morgan fingerprint density at radius 1 is 1.36 bits per heavy atom. The van der Waals surface area contributed by atoms with E-state index in [2.05, 4.69) is 24.0 Å². The molecule has 2 fully saturated rings. The van der Waals surface area contributed by atoms with Crippen LogP contribution in [0.15, 0.2) is 24.3 Å². The molecule has 2 aliphatic rings. The van der Waals surface area contributed by atoms with Crippen molar-refractivity contribution in [3.05, 3.63) is 35.4 Å². The van der Waals surface area contributed by atoms with E-state index in [1.54, 1.807) is 0 Å². The highest BCUT2D eigenvalue weighted by Crippen LogP contribution is 2.29. The quantitative estimate of drug-likeness (QED) is 0.884. The number of ether oxygens (including phenoxy) is 1. The third-order valence-electron chi connectivity index (χ3n) is 5.70. The van der Waals surface area contributed by atoms with Crippen LogP contribution in [0.25, 0.3) is 0 Å². The third kappa shape index (κ3) is 4.40. The average Bonchev–Trinajstić information content (AvgIpc) is 3.05. The minimum atomic E-state index is -0.306. The van der Waals surface area contributed by atoms with Gasteiger partial charge in [-0.2, -0.15) is 0 Å². The molecule has 5 heteroatoms. The van der Waals surface area contributed by atoms with Crippen LogP contribution in [0.2, 0.25) is 0 Å². The van der Waals surface area contributed by atoms with E-state index < -0.39 is 0 Å². The van der Waals surface area contributed by atoms with Crippen molar-refractivity contribution < 1.29 is 14.6 Å². The first-order valence-corrected chi connectivity index (χ1v) is 9.34. The van der Waals surface area contributed by atoms with Crippen LogP contribution in [0.3, 0.4) is 0 Å².